The van der Waals surface area contributed by atoms with Crippen LogP contribution in [0.4, 0.5) is 0 Å². The summed E-state index contributed by atoms with van der Waals surface area (Å²) in [5, 5.41) is 5.67. The van der Waals surface area contributed by atoms with Crippen molar-refractivity contribution in [2.24, 2.45) is 5.73 Å². The molecule has 4 nitrogen and oxygen atoms in total. The molecule has 3 N–H and O–H groups in total. The van der Waals surface area contributed by atoms with Gasteiger partial charge < -0.3 is 11.1 Å². The fourth-order valence-electron chi connectivity index (χ4n) is 0.978. The molecule has 1 aromatic heterocycles. The molecule has 1 heterocycles. The Kier molecular flexibility index (Phi) is 8.83. The van der Waals surface area contributed by atoms with Crippen molar-refractivity contribution in [3.8, 4) is 0 Å². The van der Waals surface area contributed by atoms with E-state index < -0.39 is 6.04 Å². The summed E-state index contributed by atoms with van der Waals surface area (Å²) in [6.45, 7) is 5.49. The number of thiazole rings is 1. The van der Waals surface area contributed by atoms with Crippen molar-refractivity contribution in [1.29, 1.82) is 0 Å². The Bertz CT molecular complexity index is 330. The Morgan fingerprint density at radius 1 is 1.50 bits per heavy atom. The highest BCUT2D eigenvalue weighted by atomic mass is 35.5. The van der Waals surface area contributed by atoms with Crippen molar-refractivity contribution in [3.05, 3.63) is 16.1 Å². The maximum Gasteiger partial charge on any atom is 0.237 e. The molecular formula is C9H17Cl2N3OS. The van der Waals surface area contributed by atoms with E-state index in [4.69, 9.17) is 5.73 Å². The largest absolute Gasteiger partial charge is 0.346 e. The Morgan fingerprint density at radius 2 is 2.06 bits per heavy atom. The van der Waals surface area contributed by atoms with Gasteiger partial charge in [0.2, 0.25) is 5.91 Å². The quantitative estimate of drug-likeness (QED) is 0.890. The third kappa shape index (κ3) is 5.12. The van der Waals surface area contributed by atoms with Crippen molar-refractivity contribution in [2.45, 2.75) is 32.9 Å². The number of carbonyl (C=O) groups excluding carboxylic acids is 1. The topological polar surface area (TPSA) is 68.0 Å². The van der Waals surface area contributed by atoms with Gasteiger partial charge in [-0.25, -0.2) is 4.98 Å². The number of amides is 1. The molecular weight excluding hydrogens is 269 g/mol. The SMILES string of the molecule is Cc1csc(C(C)NC(=O)C(C)N)n1.Cl.Cl. The molecule has 2 atom stereocenters. The fourth-order valence-corrected chi connectivity index (χ4v) is 1.78. The minimum atomic E-state index is -0.474. The lowest BCUT2D eigenvalue weighted by atomic mass is 10.3. The summed E-state index contributed by atoms with van der Waals surface area (Å²) in [6.07, 6.45) is 0. The number of nitrogens with zero attached hydrogens (tertiary/aromatic N) is 1. The molecule has 1 rings (SSSR count). The highest BCUT2D eigenvalue weighted by Crippen LogP contribution is 2.17. The zero-order valence-corrected chi connectivity index (χ0v) is 11.8. The minimum absolute atomic E-state index is 0. The molecule has 16 heavy (non-hydrogen) atoms. The zero-order valence-electron chi connectivity index (χ0n) is 9.39. The van der Waals surface area contributed by atoms with Gasteiger partial charge in [0.05, 0.1) is 12.1 Å². The average Bonchev–Trinajstić information content (AvgIpc) is 2.51. The molecule has 0 fully saturated rings. The number of hydrogen-bond donors (Lipinski definition) is 2. The van der Waals surface area contributed by atoms with Crippen LogP contribution in [0.25, 0.3) is 0 Å². The van der Waals surface area contributed by atoms with Crippen LogP contribution in [0.3, 0.4) is 0 Å². The summed E-state index contributed by atoms with van der Waals surface area (Å²) in [7, 11) is 0. The third-order valence-electron chi connectivity index (χ3n) is 1.78. The van der Waals surface area contributed by atoms with Crippen LogP contribution in [0.15, 0.2) is 5.38 Å². The van der Waals surface area contributed by atoms with Crippen molar-refractivity contribution in [1.82, 2.24) is 10.3 Å². The van der Waals surface area contributed by atoms with Gasteiger partial charge in [-0.05, 0) is 20.8 Å². The molecule has 0 aliphatic carbocycles. The van der Waals surface area contributed by atoms with E-state index in [1.807, 2.05) is 19.2 Å². The van der Waals surface area contributed by atoms with Crippen LogP contribution in [0, 0.1) is 6.92 Å². The molecule has 0 bridgehead atoms. The number of aromatic nitrogens is 1. The highest BCUT2D eigenvalue weighted by Gasteiger charge is 2.14. The summed E-state index contributed by atoms with van der Waals surface area (Å²) in [6, 6.07) is -0.536. The van der Waals surface area contributed by atoms with Crippen LogP contribution in [-0.2, 0) is 4.79 Å². The molecule has 0 saturated carbocycles. The van der Waals surface area contributed by atoms with Crippen LogP contribution >= 0.6 is 36.2 Å². The monoisotopic (exact) mass is 285 g/mol. The maximum atomic E-state index is 11.3. The molecule has 94 valence electrons. The molecule has 0 aliphatic heterocycles. The fraction of sp³-hybridized carbons (Fsp3) is 0.556. The van der Waals surface area contributed by atoms with Crippen LogP contribution in [0.1, 0.15) is 30.6 Å². The van der Waals surface area contributed by atoms with Gasteiger partial charge in [0.25, 0.3) is 0 Å². The van der Waals surface area contributed by atoms with E-state index in [0.29, 0.717) is 0 Å². The average molecular weight is 286 g/mol. The molecule has 7 heteroatoms. The Balaban J connectivity index is 0. The number of hydrogen-bond acceptors (Lipinski definition) is 4. The van der Waals surface area contributed by atoms with E-state index in [1.165, 1.54) is 0 Å². The first-order valence-electron chi connectivity index (χ1n) is 4.48. The van der Waals surface area contributed by atoms with E-state index in [1.54, 1.807) is 18.3 Å². The van der Waals surface area contributed by atoms with E-state index in [-0.39, 0.29) is 36.8 Å². The lowest BCUT2D eigenvalue weighted by Crippen LogP contribution is -2.39. The normalized spacial score (nSPS) is 13.0. The van der Waals surface area contributed by atoms with Crippen molar-refractivity contribution >= 4 is 42.1 Å². The van der Waals surface area contributed by atoms with Gasteiger partial charge in [-0.15, -0.1) is 36.2 Å². The third-order valence-corrected chi connectivity index (χ3v) is 2.92. The molecule has 1 amide bonds. The van der Waals surface area contributed by atoms with Crippen molar-refractivity contribution < 1.29 is 4.79 Å². The molecule has 0 saturated heterocycles. The second-order valence-corrected chi connectivity index (χ2v) is 4.24. The van der Waals surface area contributed by atoms with E-state index in [9.17, 15) is 4.79 Å². The van der Waals surface area contributed by atoms with Crippen LogP contribution in [0.2, 0.25) is 0 Å². The van der Waals surface area contributed by atoms with Crippen molar-refractivity contribution in [2.75, 3.05) is 0 Å². The van der Waals surface area contributed by atoms with Gasteiger partial charge in [0.15, 0.2) is 0 Å². The second kappa shape index (κ2) is 7.84. The summed E-state index contributed by atoms with van der Waals surface area (Å²) in [5.41, 5.74) is 6.42. The smallest absolute Gasteiger partial charge is 0.237 e. The lowest BCUT2D eigenvalue weighted by molar-refractivity contribution is -0.122. The van der Waals surface area contributed by atoms with E-state index in [0.717, 1.165) is 10.7 Å². The van der Waals surface area contributed by atoms with E-state index >= 15 is 0 Å². The summed E-state index contributed by atoms with van der Waals surface area (Å²) < 4.78 is 0. The van der Waals surface area contributed by atoms with Crippen LogP contribution in [0.5, 0.6) is 0 Å². The Morgan fingerprint density at radius 3 is 2.44 bits per heavy atom. The van der Waals surface area contributed by atoms with Crippen LogP contribution in [-0.4, -0.2) is 16.9 Å². The number of nitrogens with one attached hydrogen (secondary N) is 1. The first-order chi connectivity index (χ1) is 6.50. The second-order valence-electron chi connectivity index (χ2n) is 3.35. The Labute approximate surface area is 112 Å². The molecule has 0 radical (unpaired) electrons. The molecule has 0 aromatic carbocycles. The van der Waals surface area contributed by atoms with Crippen molar-refractivity contribution in [3.63, 3.8) is 0 Å². The standard InChI is InChI=1S/C9H15N3OS.2ClH/c1-5-4-14-9(11-5)7(3)12-8(13)6(2)10;;/h4,6-7H,10H2,1-3H3,(H,12,13);2*1H. The van der Waals surface area contributed by atoms with Crippen LogP contribution < -0.4 is 11.1 Å². The summed E-state index contributed by atoms with van der Waals surface area (Å²) in [5.74, 6) is -0.148. The van der Waals surface area contributed by atoms with Gasteiger partial charge in [-0.1, -0.05) is 0 Å². The lowest BCUT2D eigenvalue weighted by Gasteiger charge is -2.12. The predicted octanol–water partition coefficient (Wildman–Crippen LogP) is 1.82. The first-order valence-corrected chi connectivity index (χ1v) is 5.36. The summed E-state index contributed by atoms with van der Waals surface area (Å²) >= 11 is 1.54. The van der Waals surface area contributed by atoms with Gasteiger partial charge >= 0.3 is 0 Å². The maximum absolute atomic E-state index is 11.3. The minimum Gasteiger partial charge on any atom is -0.346 e. The van der Waals surface area contributed by atoms with Gasteiger partial charge in [-0.2, -0.15) is 0 Å². The number of carbonyl (C=O) groups is 1. The molecule has 2 unspecified atom stereocenters. The number of nitrogens with two attached hydrogens (primary N) is 1. The van der Waals surface area contributed by atoms with Gasteiger partial charge in [0, 0.05) is 11.1 Å². The number of aryl methyl sites for hydroxylation is 1. The number of halogens is 2. The molecule has 0 spiro atoms. The molecule has 0 aliphatic rings. The number of rotatable bonds is 3. The predicted molar refractivity (Wildman–Crippen MR) is 71.6 cm³/mol. The highest BCUT2D eigenvalue weighted by molar-refractivity contribution is 7.09. The van der Waals surface area contributed by atoms with Gasteiger partial charge in [-0.3, -0.25) is 4.79 Å². The Hall–Kier alpha value is -0.360. The van der Waals surface area contributed by atoms with E-state index in [2.05, 4.69) is 10.3 Å². The molecule has 1 aromatic rings. The first kappa shape index (κ1) is 18.0. The summed E-state index contributed by atoms with van der Waals surface area (Å²) in [4.78, 5) is 15.6. The zero-order chi connectivity index (χ0) is 10.7. The van der Waals surface area contributed by atoms with Gasteiger partial charge in [0.1, 0.15) is 5.01 Å².